The summed E-state index contributed by atoms with van der Waals surface area (Å²) in [6.45, 7) is 0. The van der Waals surface area contributed by atoms with E-state index in [-0.39, 0.29) is 6.01 Å². The van der Waals surface area contributed by atoms with Crippen LogP contribution in [0.2, 0.25) is 0 Å². The fourth-order valence-electron chi connectivity index (χ4n) is 0.853. The lowest BCUT2D eigenvalue weighted by Gasteiger charge is -1.80. The SMILES string of the molecule is Nc1nnc(C=Cc2cccs2)o1. The molecule has 0 atom stereocenters. The summed E-state index contributed by atoms with van der Waals surface area (Å²) >= 11 is 1.64. The Bertz CT molecular complexity index is 405. The van der Waals surface area contributed by atoms with Crippen molar-refractivity contribution in [2.24, 2.45) is 0 Å². The Kier molecular flexibility index (Phi) is 2.09. The number of nitrogens with zero attached hydrogens (tertiary/aromatic N) is 2. The van der Waals surface area contributed by atoms with Gasteiger partial charge >= 0.3 is 6.01 Å². The fraction of sp³-hybridized carbons (Fsp3) is 0. The quantitative estimate of drug-likeness (QED) is 0.790. The maximum Gasteiger partial charge on any atom is 0.313 e. The molecule has 0 saturated heterocycles. The number of hydrogen-bond acceptors (Lipinski definition) is 5. The molecule has 0 fully saturated rings. The summed E-state index contributed by atoms with van der Waals surface area (Å²) in [5.41, 5.74) is 5.26. The van der Waals surface area contributed by atoms with Crippen LogP contribution in [-0.2, 0) is 0 Å². The number of nitrogen functional groups attached to an aromatic ring is 1. The van der Waals surface area contributed by atoms with E-state index >= 15 is 0 Å². The second kappa shape index (κ2) is 3.40. The minimum atomic E-state index is 0.0887. The lowest BCUT2D eigenvalue weighted by Crippen LogP contribution is -1.81. The highest BCUT2D eigenvalue weighted by Gasteiger charge is 1.96. The van der Waals surface area contributed by atoms with Gasteiger partial charge in [-0.2, -0.15) is 0 Å². The predicted octanol–water partition coefficient (Wildman–Crippen LogP) is 1.88. The van der Waals surface area contributed by atoms with Gasteiger partial charge in [-0.3, -0.25) is 0 Å². The Morgan fingerprint density at radius 1 is 1.38 bits per heavy atom. The first kappa shape index (κ1) is 8.00. The third-order valence-corrected chi connectivity index (χ3v) is 2.23. The average molecular weight is 193 g/mol. The molecule has 2 aromatic rings. The molecule has 0 unspecified atom stereocenters. The van der Waals surface area contributed by atoms with Gasteiger partial charge in [0.25, 0.3) is 0 Å². The summed E-state index contributed by atoms with van der Waals surface area (Å²) < 4.78 is 4.96. The topological polar surface area (TPSA) is 64.9 Å². The van der Waals surface area contributed by atoms with Gasteiger partial charge in [0.2, 0.25) is 5.89 Å². The van der Waals surface area contributed by atoms with Crippen molar-refractivity contribution >= 4 is 29.5 Å². The highest BCUT2D eigenvalue weighted by atomic mass is 32.1. The lowest BCUT2D eigenvalue weighted by molar-refractivity contribution is 0.563. The molecule has 2 aromatic heterocycles. The number of hydrogen-bond donors (Lipinski definition) is 1. The molecule has 2 N–H and O–H groups in total. The molecule has 2 heterocycles. The molecule has 0 radical (unpaired) electrons. The largest absolute Gasteiger partial charge is 0.404 e. The van der Waals surface area contributed by atoms with Gasteiger partial charge in [0, 0.05) is 11.0 Å². The highest BCUT2D eigenvalue weighted by molar-refractivity contribution is 7.10. The zero-order chi connectivity index (χ0) is 9.10. The Morgan fingerprint density at radius 2 is 2.31 bits per heavy atom. The first-order valence-corrected chi connectivity index (χ1v) is 4.53. The molecule has 13 heavy (non-hydrogen) atoms. The van der Waals surface area contributed by atoms with Gasteiger partial charge in [-0.1, -0.05) is 11.2 Å². The van der Waals surface area contributed by atoms with Crippen molar-refractivity contribution in [3.63, 3.8) is 0 Å². The average Bonchev–Trinajstić information content (AvgIpc) is 2.71. The molecule has 5 heteroatoms. The van der Waals surface area contributed by atoms with E-state index in [2.05, 4.69) is 10.2 Å². The Hall–Kier alpha value is -1.62. The van der Waals surface area contributed by atoms with Crippen molar-refractivity contribution in [2.45, 2.75) is 0 Å². The van der Waals surface area contributed by atoms with E-state index in [1.165, 1.54) is 0 Å². The van der Waals surface area contributed by atoms with Crippen LogP contribution in [0.5, 0.6) is 0 Å². The summed E-state index contributed by atoms with van der Waals surface area (Å²) in [6, 6.07) is 4.07. The van der Waals surface area contributed by atoms with E-state index in [0.29, 0.717) is 5.89 Å². The van der Waals surface area contributed by atoms with Gasteiger partial charge in [0.15, 0.2) is 0 Å². The first-order valence-electron chi connectivity index (χ1n) is 3.65. The summed E-state index contributed by atoms with van der Waals surface area (Å²) in [4.78, 5) is 1.14. The monoisotopic (exact) mass is 193 g/mol. The van der Waals surface area contributed by atoms with Crippen molar-refractivity contribution in [2.75, 3.05) is 5.73 Å². The minimum absolute atomic E-state index is 0.0887. The molecule has 0 spiro atoms. The van der Waals surface area contributed by atoms with Gasteiger partial charge in [0.05, 0.1) is 0 Å². The Morgan fingerprint density at radius 3 is 2.92 bits per heavy atom. The highest BCUT2D eigenvalue weighted by Crippen LogP contribution is 2.12. The van der Waals surface area contributed by atoms with Crippen molar-refractivity contribution in [3.8, 4) is 0 Å². The molecule has 0 amide bonds. The maximum atomic E-state index is 5.26. The van der Waals surface area contributed by atoms with E-state index < -0.39 is 0 Å². The Labute approximate surface area is 78.7 Å². The summed E-state index contributed by atoms with van der Waals surface area (Å²) in [5.74, 6) is 0.422. The van der Waals surface area contributed by atoms with Crippen molar-refractivity contribution in [1.29, 1.82) is 0 Å². The molecular weight excluding hydrogens is 186 g/mol. The number of anilines is 1. The third-order valence-electron chi connectivity index (χ3n) is 1.39. The summed E-state index contributed by atoms with van der Waals surface area (Å²) in [6.07, 6.45) is 3.63. The van der Waals surface area contributed by atoms with Gasteiger partial charge in [-0.05, 0) is 17.5 Å². The predicted molar refractivity (Wildman–Crippen MR) is 52.0 cm³/mol. The molecule has 0 saturated carbocycles. The third kappa shape index (κ3) is 1.94. The molecule has 66 valence electrons. The van der Waals surface area contributed by atoms with Crippen molar-refractivity contribution < 1.29 is 4.42 Å². The van der Waals surface area contributed by atoms with Crippen LogP contribution in [0.1, 0.15) is 10.8 Å². The van der Waals surface area contributed by atoms with Crippen LogP contribution in [0.15, 0.2) is 21.9 Å². The van der Waals surface area contributed by atoms with Gasteiger partial charge in [-0.25, -0.2) is 0 Å². The van der Waals surface area contributed by atoms with Gasteiger partial charge in [-0.15, -0.1) is 16.4 Å². The van der Waals surface area contributed by atoms with Crippen LogP contribution in [0.4, 0.5) is 6.01 Å². The molecule has 0 aliphatic carbocycles. The molecule has 0 aromatic carbocycles. The standard InChI is InChI=1S/C8H7N3OS/c9-8-11-10-7(12-8)4-3-6-2-1-5-13-6/h1-5H,(H2,9,11). The molecule has 4 nitrogen and oxygen atoms in total. The summed E-state index contributed by atoms with van der Waals surface area (Å²) in [5, 5.41) is 9.22. The van der Waals surface area contributed by atoms with E-state index in [0.717, 1.165) is 4.88 Å². The van der Waals surface area contributed by atoms with Crippen LogP contribution >= 0.6 is 11.3 Å². The minimum Gasteiger partial charge on any atom is -0.404 e. The number of rotatable bonds is 2. The molecular formula is C8H7N3OS. The van der Waals surface area contributed by atoms with Crippen molar-refractivity contribution in [1.82, 2.24) is 10.2 Å². The molecule has 2 rings (SSSR count). The second-order valence-corrected chi connectivity index (χ2v) is 3.31. The van der Waals surface area contributed by atoms with Crippen LogP contribution in [0.3, 0.4) is 0 Å². The van der Waals surface area contributed by atoms with Crippen LogP contribution in [0, 0.1) is 0 Å². The lowest BCUT2D eigenvalue weighted by atomic mass is 10.4. The molecule has 0 aliphatic heterocycles. The smallest absolute Gasteiger partial charge is 0.313 e. The number of nitrogens with two attached hydrogens (primary N) is 1. The second-order valence-electron chi connectivity index (χ2n) is 2.33. The van der Waals surface area contributed by atoms with Crippen LogP contribution in [0.25, 0.3) is 12.2 Å². The number of thiophene rings is 1. The van der Waals surface area contributed by atoms with E-state index in [4.69, 9.17) is 10.2 Å². The number of aromatic nitrogens is 2. The maximum absolute atomic E-state index is 5.26. The van der Waals surface area contributed by atoms with Crippen LogP contribution in [-0.4, -0.2) is 10.2 Å². The van der Waals surface area contributed by atoms with Crippen LogP contribution < -0.4 is 5.73 Å². The van der Waals surface area contributed by atoms with Gasteiger partial charge < -0.3 is 10.2 Å². The molecule has 0 bridgehead atoms. The summed E-state index contributed by atoms with van der Waals surface area (Å²) in [7, 11) is 0. The van der Waals surface area contributed by atoms with E-state index in [1.807, 2.05) is 23.6 Å². The zero-order valence-electron chi connectivity index (χ0n) is 6.68. The first-order chi connectivity index (χ1) is 6.34. The fourth-order valence-corrected chi connectivity index (χ4v) is 1.47. The molecule has 0 aliphatic rings. The Balaban J connectivity index is 2.14. The van der Waals surface area contributed by atoms with E-state index in [1.54, 1.807) is 17.4 Å². The van der Waals surface area contributed by atoms with Gasteiger partial charge in [0.1, 0.15) is 0 Å². The zero-order valence-corrected chi connectivity index (χ0v) is 7.49. The van der Waals surface area contributed by atoms with E-state index in [9.17, 15) is 0 Å². The van der Waals surface area contributed by atoms with Crippen molar-refractivity contribution in [3.05, 3.63) is 28.3 Å². The normalized spacial score (nSPS) is 11.1.